The van der Waals surface area contributed by atoms with E-state index < -0.39 is 0 Å². The molecule has 0 aromatic heterocycles. The van der Waals surface area contributed by atoms with Gasteiger partial charge in [0.1, 0.15) is 48.4 Å². The molecule has 2 aliphatic rings. The van der Waals surface area contributed by atoms with Gasteiger partial charge in [-0.3, -0.25) is 0 Å². The Morgan fingerprint density at radius 2 is 0.809 bits per heavy atom. The third-order valence-corrected chi connectivity index (χ3v) is 7.69. The Morgan fingerprint density at radius 3 is 1.11 bits per heavy atom. The summed E-state index contributed by atoms with van der Waals surface area (Å²) in [5.41, 5.74) is 3.77. The first kappa shape index (κ1) is 32.1. The lowest BCUT2D eigenvalue weighted by molar-refractivity contribution is 0.179. The van der Waals surface area contributed by atoms with Crippen LogP contribution in [0, 0.1) is 23.7 Å². The molecule has 2 heterocycles. The predicted molar refractivity (Wildman–Crippen MR) is 182 cm³/mol. The molecule has 4 aromatic carbocycles. The van der Waals surface area contributed by atoms with Crippen LogP contribution in [0.4, 0.5) is 0 Å². The molecule has 0 bridgehead atoms. The second-order valence-corrected chi connectivity index (χ2v) is 11.9. The van der Waals surface area contributed by atoms with E-state index in [-0.39, 0.29) is 24.4 Å². The summed E-state index contributed by atoms with van der Waals surface area (Å²) in [4.78, 5) is 0. The van der Waals surface area contributed by atoms with Crippen molar-refractivity contribution in [3.8, 4) is 46.7 Å². The zero-order valence-electron chi connectivity index (χ0n) is 26.9. The van der Waals surface area contributed by atoms with E-state index in [2.05, 4.69) is 37.5 Å². The summed E-state index contributed by atoms with van der Waals surface area (Å²) >= 11 is 0. The van der Waals surface area contributed by atoms with Crippen LogP contribution < -0.4 is 18.9 Å². The van der Waals surface area contributed by atoms with Gasteiger partial charge >= 0.3 is 0 Å². The quantitative estimate of drug-likeness (QED) is 0.107. The highest BCUT2D eigenvalue weighted by atomic mass is 16.6. The van der Waals surface area contributed by atoms with Crippen LogP contribution in [0.25, 0.3) is 0 Å². The number of hydrogen-bond donors (Lipinski definition) is 0. The largest absolute Gasteiger partial charge is 0.491 e. The molecule has 240 valence electrons. The van der Waals surface area contributed by atoms with Crippen molar-refractivity contribution < 1.29 is 28.4 Å². The molecule has 4 unspecified atom stereocenters. The first-order valence-corrected chi connectivity index (χ1v) is 16.3. The minimum atomic E-state index is 0.102. The van der Waals surface area contributed by atoms with Gasteiger partial charge in [0.25, 0.3) is 0 Å². The van der Waals surface area contributed by atoms with E-state index in [0.717, 1.165) is 77.7 Å². The predicted octanol–water partition coefficient (Wildman–Crippen LogP) is 7.45. The van der Waals surface area contributed by atoms with Crippen molar-refractivity contribution in [1.29, 1.82) is 0 Å². The van der Waals surface area contributed by atoms with Crippen LogP contribution in [0.15, 0.2) is 97.1 Å². The van der Waals surface area contributed by atoms with Gasteiger partial charge in [-0.2, -0.15) is 0 Å². The fourth-order valence-corrected chi connectivity index (χ4v) is 4.77. The first-order valence-electron chi connectivity index (χ1n) is 16.3. The number of epoxide rings is 2. The maximum atomic E-state index is 6.15. The average molecular weight is 629 g/mol. The molecule has 2 saturated heterocycles. The highest BCUT2D eigenvalue weighted by molar-refractivity contribution is 5.46. The maximum Gasteiger partial charge on any atom is 0.119 e. The van der Waals surface area contributed by atoms with E-state index in [1.807, 2.05) is 97.1 Å². The third kappa shape index (κ3) is 11.2. The van der Waals surface area contributed by atoms with Crippen molar-refractivity contribution in [2.24, 2.45) is 0 Å². The average Bonchev–Trinajstić information content (AvgIpc) is 4.03. The lowest BCUT2D eigenvalue weighted by atomic mass is 10.1. The van der Waals surface area contributed by atoms with Gasteiger partial charge in [-0.15, -0.1) is 0 Å². The zero-order valence-corrected chi connectivity index (χ0v) is 26.9. The van der Waals surface area contributed by atoms with Crippen LogP contribution >= 0.6 is 0 Å². The smallest absolute Gasteiger partial charge is 0.119 e. The van der Waals surface area contributed by atoms with E-state index in [9.17, 15) is 0 Å². The minimum Gasteiger partial charge on any atom is -0.491 e. The lowest BCUT2D eigenvalue weighted by Gasteiger charge is -2.17. The molecule has 0 radical (unpaired) electrons. The fraction of sp³-hybridized carbons (Fsp3) is 0.317. The van der Waals surface area contributed by atoms with Gasteiger partial charge in [0.2, 0.25) is 0 Å². The van der Waals surface area contributed by atoms with Crippen molar-refractivity contribution in [2.75, 3.05) is 26.4 Å². The van der Waals surface area contributed by atoms with E-state index >= 15 is 0 Å². The Balaban J connectivity index is 0.872. The SMILES string of the molecule is CC(CCCC(C)Oc1ccc(C#Cc2ccc(OCC3CO3)cc2)cc1)Oc1ccc(C#Cc2ccc(OCC3CO3)cc2)cc1. The Bertz CT molecular complexity index is 1550. The molecule has 0 N–H and O–H groups in total. The molecule has 0 amide bonds. The summed E-state index contributed by atoms with van der Waals surface area (Å²) in [5.74, 6) is 16.2. The molecule has 0 saturated carbocycles. The van der Waals surface area contributed by atoms with Crippen LogP contribution in [0.5, 0.6) is 23.0 Å². The second-order valence-electron chi connectivity index (χ2n) is 11.9. The van der Waals surface area contributed by atoms with Gasteiger partial charge in [-0.1, -0.05) is 23.7 Å². The van der Waals surface area contributed by atoms with E-state index in [0.29, 0.717) is 13.2 Å². The van der Waals surface area contributed by atoms with Crippen molar-refractivity contribution in [3.63, 3.8) is 0 Å². The van der Waals surface area contributed by atoms with E-state index in [1.54, 1.807) is 0 Å². The minimum absolute atomic E-state index is 0.102. The highest BCUT2D eigenvalue weighted by Gasteiger charge is 2.23. The molecule has 6 heteroatoms. The molecule has 47 heavy (non-hydrogen) atoms. The Labute approximate surface area is 277 Å². The maximum absolute atomic E-state index is 6.15. The van der Waals surface area contributed by atoms with Gasteiger partial charge in [0, 0.05) is 22.3 Å². The topological polar surface area (TPSA) is 62.0 Å². The molecular formula is C41H40O6. The molecule has 6 nitrogen and oxygen atoms in total. The first-order chi connectivity index (χ1) is 23.0. The molecule has 4 aromatic rings. The summed E-state index contributed by atoms with van der Waals surface area (Å²) in [6, 6.07) is 31.6. The molecule has 4 atom stereocenters. The van der Waals surface area contributed by atoms with Crippen molar-refractivity contribution >= 4 is 0 Å². The molecule has 6 rings (SSSR count). The summed E-state index contributed by atoms with van der Waals surface area (Å²) in [5, 5.41) is 0. The lowest BCUT2D eigenvalue weighted by Crippen LogP contribution is -2.15. The van der Waals surface area contributed by atoms with Gasteiger partial charge in [-0.25, -0.2) is 0 Å². The van der Waals surface area contributed by atoms with Gasteiger partial charge < -0.3 is 28.4 Å². The third-order valence-electron chi connectivity index (χ3n) is 7.69. The van der Waals surface area contributed by atoms with Crippen LogP contribution in [0.2, 0.25) is 0 Å². The van der Waals surface area contributed by atoms with Crippen LogP contribution in [-0.4, -0.2) is 50.8 Å². The number of ether oxygens (including phenoxy) is 6. The zero-order chi connectivity index (χ0) is 32.3. The van der Waals surface area contributed by atoms with Crippen molar-refractivity contribution in [2.45, 2.75) is 57.5 Å². The Morgan fingerprint density at radius 1 is 0.511 bits per heavy atom. The molecule has 2 aliphatic heterocycles. The van der Waals surface area contributed by atoms with Crippen molar-refractivity contribution in [3.05, 3.63) is 119 Å². The van der Waals surface area contributed by atoms with Gasteiger partial charge in [0.15, 0.2) is 0 Å². The molecule has 2 fully saturated rings. The summed E-state index contributed by atoms with van der Waals surface area (Å²) in [6.07, 6.45) is 3.60. The second kappa shape index (κ2) is 16.1. The van der Waals surface area contributed by atoms with E-state index in [1.165, 1.54) is 0 Å². The summed E-state index contributed by atoms with van der Waals surface area (Å²) in [6.45, 7) is 7.01. The summed E-state index contributed by atoms with van der Waals surface area (Å²) in [7, 11) is 0. The number of hydrogen-bond acceptors (Lipinski definition) is 6. The fourth-order valence-electron chi connectivity index (χ4n) is 4.77. The van der Waals surface area contributed by atoms with Crippen LogP contribution in [0.3, 0.4) is 0 Å². The van der Waals surface area contributed by atoms with Crippen LogP contribution in [-0.2, 0) is 9.47 Å². The van der Waals surface area contributed by atoms with Gasteiger partial charge in [0.05, 0.1) is 25.4 Å². The monoisotopic (exact) mass is 628 g/mol. The summed E-state index contributed by atoms with van der Waals surface area (Å²) < 4.78 is 34.0. The standard InChI is InChI=1S/C41H40O6/c1-30(46-38-22-14-34(15-23-38)8-6-32-10-18-36(19-11-32)42-26-40-28-44-40)4-3-5-31(2)47-39-24-16-35(17-25-39)9-7-33-12-20-37(21-13-33)43-27-41-29-45-41/h10-25,30-31,40-41H,3-5,26-29H2,1-2H3. The Hall–Kier alpha value is -4.88. The molecule has 0 aliphatic carbocycles. The Kier molecular flexibility index (Phi) is 11.0. The molecule has 0 spiro atoms. The van der Waals surface area contributed by atoms with E-state index in [4.69, 9.17) is 28.4 Å². The van der Waals surface area contributed by atoms with Crippen LogP contribution in [0.1, 0.15) is 55.4 Å². The number of benzene rings is 4. The number of rotatable bonds is 14. The highest BCUT2D eigenvalue weighted by Crippen LogP contribution is 2.20. The van der Waals surface area contributed by atoms with Crippen molar-refractivity contribution in [1.82, 2.24) is 0 Å². The van der Waals surface area contributed by atoms with Gasteiger partial charge in [-0.05, 0) is 130 Å². The normalized spacial score (nSPS) is 17.1. The molecular weight excluding hydrogens is 588 g/mol.